The molecule has 0 aromatic carbocycles. The number of aromatic nitrogens is 2. The SMILES string of the molecule is CC(C)c1[nH]nc(C(=O)NCCc2ccco2)c1N. The molecule has 0 atom stereocenters. The van der Waals surface area contributed by atoms with Gasteiger partial charge in [-0.25, -0.2) is 0 Å². The molecule has 2 aromatic rings. The normalized spacial score (nSPS) is 10.9. The molecule has 0 unspecified atom stereocenters. The Bertz CT molecular complexity index is 543. The molecule has 0 bridgehead atoms. The second-order valence-electron chi connectivity index (χ2n) is 4.64. The molecule has 6 heteroatoms. The lowest BCUT2D eigenvalue weighted by molar-refractivity contribution is 0.0949. The van der Waals surface area contributed by atoms with Crippen LogP contribution in [-0.2, 0) is 6.42 Å². The topological polar surface area (TPSA) is 96.9 Å². The molecule has 2 aromatic heterocycles. The highest BCUT2D eigenvalue weighted by Gasteiger charge is 2.18. The highest BCUT2D eigenvalue weighted by Crippen LogP contribution is 2.21. The Morgan fingerprint density at radius 3 is 2.95 bits per heavy atom. The van der Waals surface area contributed by atoms with E-state index >= 15 is 0 Å². The first-order valence-electron chi connectivity index (χ1n) is 6.24. The van der Waals surface area contributed by atoms with Crippen molar-refractivity contribution in [1.29, 1.82) is 0 Å². The van der Waals surface area contributed by atoms with E-state index in [9.17, 15) is 4.79 Å². The highest BCUT2D eigenvalue weighted by atomic mass is 16.3. The summed E-state index contributed by atoms with van der Waals surface area (Å²) in [7, 11) is 0. The molecule has 0 saturated heterocycles. The van der Waals surface area contributed by atoms with Crippen LogP contribution in [0.5, 0.6) is 0 Å². The Morgan fingerprint density at radius 2 is 2.37 bits per heavy atom. The largest absolute Gasteiger partial charge is 0.469 e. The molecule has 0 aliphatic carbocycles. The van der Waals surface area contributed by atoms with Crippen molar-refractivity contribution in [3.8, 4) is 0 Å². The molecule has 0 spiro atoms. The van der Waals surface area contributed by atoms with E-state index in [1.54, 1.807) is 6.26 Å². The third-order valence-electron chi connectivity index (χ3n) is 2.86. The smallest absolute Gasteiger partial charge is 0.273 e. The van der Waals surface area contributed by atoms with Gasteiger partial charge in [-0.2, -0.15) is 5.10 Å². The zero-order valence-electron chi connectivity index (χ0n) is 11.1. The summed E-state index contributed by atoms with van der Waals surface area (Å²) in [6.45, 7) is 4.46. The van der Waals surface area contributed by atoms with Gasteiger partial charge in [0, 0.05) is 13.0 Å². The first-order valence-corrected chi connectivity index (χ1v) is 6.24. The molecule has 0 saturated carbocycles. The summed E-state index contributed by atoms with van der Waals surface area (Å²) in [4.78, 5) is 11.9. The van der Waals surface area contributed by atoms with Gasteiger partial charge in [0.25, 0.3) is 5.91 Å². The fourth-order valence-corrected chi connectivity index (χ4v) is 1.82. The van der Waals surface area contributed by atoms with E-state index in [4.69, 9.17) is 10.2 Å². The first kappa shape index (κ1) is 13.2. The monoisotopic (exact) mass is 262 g/mol. The van der Waals surface area contributed by atoms with Gasteiger partial charge in [-0.1, -0.05) is 13.8 Å². The molecular formula is C13H18N4O2. The van der Waals surface area contributed by atoms with Crippen LogP contribution >= 0.6 is 0 Å². The molecule has 2 heterocycles. The molecule has 6 nitrogen and oxygen atoms in total. The van der Waals surface area contributed by atoms with E-state index in [-0.39, 0.29) is 17.5 Å². The van der Waals surface area contributed by atoms with E-state index in [0.29, 0.717) is 18.7 Å². The van der Waals surface area contributed by atoms with Gasteiger partial charge in [0.15, 0.2) is 5.69 Å². The molecule has 19 heavy (non-hydrogen) atoms. The van der Waals surface area contributed by atoms with Crippen molar-refractivity contribution in [2.24, 2.45) is 0 Å². The summed E-state index contributed by atoms with van der Waals surface area (Å²) < 4.78 is 5.18. The Morgan fingerprint density at radius 1 is 1.58 bits per heavy atom. The number of hydrogen-bond donors (Lipinski definition) is 3. The van der Waals surface area contributed by atoms with Crippen molar-refractivity contribution < 1.29 is 9.21 Å². The Hall–Kier alpha value is -2.24. The number of carbonyl (C=O) groups excluding carboxylic acids is 1. The number of nitrogens with two attached hydrogens (primary N) is 1. The van der Waals surface area contributed by atoms with Crippen molar-refractivity contribution >= 4 is 11.6 Å². The summed E-state index contributed by atoms with van der Waals surface area (Å²) in [5.41, 5.74) is 7.36. The summed E-state index contributed by atoms with van der Waals surface area (Å²) >= 11 is 0. The van der Waals surface area contributed by atoms with E-state index in [1.165, 1.54) is 0 Å². The molecular weight excluding hydrogens is 244 g/mol. The van der Waals surface area contributed by atoms with Gasteiger partial charge in [-0.3, -0.25) is 9.89 Å². The van der Waals surface area contributed by atoms with Crippen LogP contribution in [0.3, 0.4) is 0 Å². The molecule has 0 aliphatic heterocycles. The van der Waals surface area contributed by atoms with Gasteiger partial charge in [0.2, 0.25) is 0 Å². The van der Waals surface area contributed by atoms with Crippen LogP contribution in [0.25, 0.3) is 0 Å². The van der Waals surface area contributed by atoms with Gasteiger partial charge >= 0.3 is 0 Å². The summed E-state index contributed by atoms with van der Waals surface area (Å²) in [6, 6.07) is 3.68. The molecule has 1 amide bonds. The standard InChI is InChI=1S/C13H18N4O2/c1-8(2)11-10(14)12(17-16-11)13(18)15-6-5-9-4-3-7-19-9/h3-4,7-8H,5-6,14H2,1-2H3,(H,15,18)(H,16,17). The van der Waals surface area contributed by atoms with Crippen LogP contribution < -0.4 is 11.1 Å². The number of anilines is 1. The van der Waals surface area contributed by atoms with Crippen LogP contribution in [0.4, 0.5) is 5.69 Å². The fraction of sp³-hybridized carbons (Fsp3) is 0.385. The van der Waals surface area contributed by atoms with Crippen LogP contribution in [0, 0.1) is 0 Å². The number of rotatable bonds is 5. The number of carbonyl (C=O) groups is 1. The van der Waals surface area contributed by atoms with Crippen molar-refractivity contribution in [3.05, 3.63) is 35.5 Å². The van der Waals surface area contributed by atoms with Crippen LogP contribution in [0.1, 0.15) is 41.7 Å². The van der Waals surface area contributed by atoms with Gasteiger partial charge in [-0.05, 0) is 18.1 Å². The first-order chi connectivity index (χ1) is 9.09. The third-order valence-corrected chi connectivity index (χ3v) is 2.86. The van der Waals surface area contributed by atoms with Crippen molar-refractivity contribution in [2.45, 2.75) is 26.2 Å². The minimum Gasteiger partial charge on any atom is -0.469 e. The minimum absolute atomic E-state index is 0.206. The van der Waals surface area contributed by atoms with Gasteiger partial charge in [-0.15, -0.1) is 0 Å². The number of furan rings is 1. The average molecular weight is 262 g/mol. The van der Waals surface area contributed by atoms with E-state index < -0.39 is 0 Å². The van der Waals surface area contributed by atoms with E-state index in [1.807, 2.05) is 26.0 Å². The zero-order valence-corrected chi connectivity index (χ0v) is 11.1. The lowest BCUT2D eigenvalue weighted by Crippen LogP contribution is -2.26. The average Bonchev–Trinajstić information content (AvgIpc) is 2.98. The third kappa shape index (κ3) is 2.96. The predicted octanol–water partition coefficient (Wildman–Crippen LogP) is 1.68. The number of H-pyrrole nitrogens is 1. The lowest BCUT2D eigenvalue weighted by atomic mass is 10.1. The maximum absolute atomic E-state index is 11.9. The van der Waals surface area contributed by atoms with Gasteiger partial charge in [0.05, 0.1) is 17.6 Å². The molecule has 4 N–H and O–H groups in total. The van der Waals surface area contributed by atoms with Crippen LogP contribution in [0.2, 0.25) is 0 Å². The highest BCUT2D eigenvalue weighted by molar-refractivity contribution is 5.97. The fourth-order valence-electron chi connectivity index (χ4n) is 1.82. The minimum atomic E-state index is -0.271. The Labute approximate surface area is 111 Å². The Balaban J connectivity index is 1.93. The summed E-state index contributed by atoms with van der Waals surface area (Å²) in [6.07, 6.45) is 2.25. The number of nitrogens with one attached hydrogen (secondary N) is 2. The summed E-state index contributed by atoms with van der Waals surface area (Å²) in [5.74, 6) is 0.766. The second-order valence-corrected chi connectivity index (χ2v) is 4.64. The van der Waals surface area contributed by atoms with E-state index in [0.717, 1.165) is 11.5 Å². The van der Waals surface area contributed by atoms with Crippen LogP contribution in [0.15, 0.2) is 22.8 Å². The van der Waals surface area contributed by atoms with E-state index in [2.05, 4.69) is 15.5 Å². The van der Waals surface area contributed by atoms with Crippen molar-refractivity contribution in [1.82, 2.24) is 15.5 Å². The van der Waals surface area contributed by atoms with Gasteiger partial charge < -0.3 is 15.5 Å². The van der Waals surface area contributed by atoms with Gasteiger partial charge in [0.1, 0.15) is 5.76 Å². The van der Waals surface area contributed by atoms with Crippen LogP contribution in [-0.4, -0.2) is 22.6 Å². The quantitative estimate of drug-likeness (QED) is 0.763. The number of hydrogen-bond acceptors (Lipinski definition) is 4. The number of amides is 1. The zero-order chi connectivity index (χ0) is 13.8. The van der Waals surface area contributed by atoms with Crippen molar-refractivity contribution in [2.75, 3.05) is 12.3 Å². The maximum atomic E-state index is 11.9. The molecule has 0 radical (unpaired) electrons. The van der Waals surface area contributed by atoms with Crippen molar-refractivity contribution in [3.63, 3.8) is 0 Å². The molecule has 102 valence electrons. The lowest BCUT2D eigenvalue weighted by Gasteiger charge is -2.04. The Kier molecular flexibility index (Phi) is 3.89. The molecule has 2 rings (SSSR count). The molecule has 0 fully saturated rings. The number of aromatic amines is 1. The maximum Gasteiger partial charge on any atom is 0.273 e. The number of nitrogens with zero attached hydrogens (tertiary/aromatic N) is 1. The summed E-state index contributed by atoms with van der Waals surface area (Å²) in [5, 5.41) is 9.54. The second kappa shape index (κ2) is 5.60. The molecule has 0 aliphatic rings. The predicted molar refractivity (Wildman–Crippen MR) is 71.8 cm³/mol. The number of nitrogen functional groups attached to an aromatic ring is 1.